The van der Waals surface area contributed by atoms with E-state index in [1.54, 1.807) is 0 Å². The topological polar surface area (TPSA) is 75.6 Å². The number of benzene rings is 3. The average Bonchev–Trinajstić information content (AvgIpc) is 2.79. The van der Waals surface area contributed by atoms with Crippen molar-refractivity contribution in [3.63, 3.8) is 0 Å². The van der Waals surface area contributed by atoms with Crippen LogP contribution in [0.2, 0.25) is 0 Å². The molecule has 3 aromatic rings. The Hall–Kier alpha value is -2.10. The van der Waals surface area contributed by atoms with Gasteiger partial charge < -0.3 is 15.2 Å². The Bertz CT molecular complexity index is 1360. The van der Waals surface area contributed by atoms with Gasteiger partial charge in [-0.15, -0.1) is 0 Å². The first-order valence-corrected chi connectivity index (χ1v) is 12.7. The third kappa shape index (κ3) is 6.67. The fraction of sp³-hybridized carbons (Fsp3) is 0.0909. The van der Waals surface area contributed by atoms with Crippen molar-refractivity contribution < 1.29 is 45.8 Å². The minimum absolute atomic E-state index is 0.0200. The number of ether oxygens (including phenoxy) is 1. The number of carbonyl (C=O) groups excluding carboxylic acids is 1. The van der Waals surface area contributed by atoms with E-state index in [1.807, 2.05) is 0 Å². The third-order valence-electron chi connectivity index (χ3n) is 4.62. The van der Waals surface area contributed by atoms with Gasteiger partial charge in [0.15, 0.2) is 0 Å². The van der Waals surface area contributed by atoms with E-state index in [0.29, 0.717) is 21.1 Å². The molecule has 0 bridgehead atoms. The van der Waals surface area contributed by atoms with Crippen molar-refractivity contribution in [2.45, 2.75) is 12.4 Å². The van der Waals surface area contributed by atoms with Crippen LogP contribution in [0.5, 0.6) is 11.5 Å². The highest BCUT2D eigenvalue weighted by Crippen LogP contribution is 2.43. The highest BCUT2D eigenvalue weighted by Gasteiger charge is 2.37. The van der Waals surface area contributed by atoms with Crippen molar-refractivity contribution in [3.05, 3.63) is 82.6 Å². The maximum atomic E-state index is 13.1. The number of halogens is 10. The maximum absolute atomic E-state index is 13.1. The molecule has 0 heterocycles. The van der Waals surface area contributed by atoms with E-state index in [2.05, 4.69) is 69.0 Å². The van der Waals surface area contributed by atoms with Gasteiger partial charge >= 0.3 is 18.3 Å². The number of hydrogen-bond acceptors (Lipinski definition) is 3. The average molecular weight is 785 g/mol. The number of aromatic carboxylic acids is 1. The van der Waals surface area contributed by atoms with Crippen LogP contribution >= 0.6 is 63.7 Å². The standard InChI is InChI=1S/C22H9Br4F6NO4/c23-15-13(14(20(35)36)16(24)18(26)17(15)25)19(34)33-10-1-3-11(4-2-10)37-12-6-8(21(27,28)29)5-9(7-12)22(30,31)32/h1-7H,(H,33,34)(H,35,36). The van der Waals surface area contributed by atoms with Crippen molar-refractivity contribution in [2.75, 3.05) is 5.32 Å². The number of hydrogen-bond donors (Lipinski definition) is 2. The largest absolute Gasteiger partial charge is 0.478 e. The van der Waals surface area contributed by atoms with Crippen molar-refractivity contribution in [1.82, 2.24) is 0 Å². The van der Waals surface area contributed by atoms with E-state index in [0.717, 1.165) is 0 Å². The van der Waals surface area contributed by atoms with Gasteiger partial charge in [0.05, 0.1) is 22.3 Å². The lowest BCUT2D eigenvalue weighted by Gasteiger charge is -2.16. The second kappa shape index (κ2) is 10.9. The number of carboxylic acids is 1. The molecule has 2 N–H and O–H groups in total. The lowest BCUT2D eigenvalue weighted by Crippen LogP contribution is -2.18. The summed E-state index contributed by atoms with van der Waals surface area (Å²) in [6, 6.07) is 5.77. The van der Waals surface area contributed by atoms with Crippen LogP contribution in [0.15, 0.2) is 60.4 Å². The van der Waals surface area contributed by atoms with Crippen LogP contribution in [0.25, 0.3) is 0 Å². The van der Waals surface area contributed by atoms with E-state index < -0.39 is 41.1 Å². The summed E-state index contributed by atoms with van der Waals surface area (Å²) in [6.07, 6.45) is -10.1. The molecule has 0 unspecified atom stereocenters. The number of rotatable bonds is 5. The van der Waals surface area contributed by atoms with Crippen LogP contribution in [0.1, 0.15) is 31.8 Å². The van der Waals surface area contributed by atoms with Crippen LogP contribution in [-0.4, -0.2) is 17.0 Å². The summed E-state index contributed by atoms with van der Waals surface area (Å²) in [5.41, 5.74) is -3.50. The molecule has 0 aliphatic heterocycles. The first kappa shape index (κ1) is 29.5. The molecule has 0 atom stereocenters. The number of anilines is 1. The van der Waals surface area contributed by atoms with Crippen molar-refractivity contribution in [2.24, 2.45) is 0 Å². The molecule has 0 aliphatic carbocycles. The van der Waals surface area contributed by atoms with E-state index in [1.165, 1.54) is 24.3 Å². The molecule has 0 spiro atoms. The Kier molecular flexibility index (Phi) is 8.71. The van der Waals surface area contributed by atoms with Crippen molar-refractivity contribution in [1.29, 1.82) is 0 Å². The minimum Gasteiger partial charge on any atom is -0.478 e. The highest BCUT2D eigenvalue weighted by atomic mass is 79.9. The fourth-order valence-electron chi connectivity index (χ4n) is 2.97. The molecule has 3 aromatic carbocycles. The molecule has 196 valence electrons. The van der Waals surface area contributed by atoms with Crippen LogP contribution < -0.4 is 10.1 Å². The van der Waals surface area contributed by atoms with Crippen LogP contribution in [0.3, 0.4) is 0 Å². The lowest BCUT2D eigenvalue weighted by molar-refractivity contribution is -0.143. The molecule has 0 saturated carbocycles. The SMILES string of the molecule is O=C(O)c1c(Br)c(Br)c(Br)c(Br)c1C(=O)Nc1ccc(Oc2cc(C(F)(F)F)cc(C(F)(F)F)c2)cc1. The zero-order chi connectivity index (χ0) is 27.9. The first-order chi connectivity index (χ1) is 17.0. The zero-order valence-electron chi connectivity index (χ0n) is 17.5. The number of carboxylic acid groups (broad SMARTS) is 1. The second-order valence-electron chi connectivity index (χ2n) is 7.13. The number of nitrogens with one attached hydrogen (secondary N) is 1. The zero-order valence-corrected chi connectivity index (χ0v) is 23.8. The van der Waals surface area contributed by atoms with Gasteiger partial charge in [0.1, 0.15) is 11.5 Å². The molecule has 0 radical (unpaired) electrons. The van der Waals surface area contributed by atoms with E-state index in [-0.39, 0.29) is 37.6 Å². The summed E-state index contributed by atoms with van der Waals surface area (Å²) in [4.78, 5) is 24.7. The smallest absolute Gasteiger partial charge is 0.416 e. The maximum Gasteiger partial charge on any atom is 0.416 e. The summed E-state index contributed by atoms with van der Waals surface area (Å²) in [6.45, 7) is 0. The monoisotopic (exact) mass is 781 g/mol. The number of alkyl halides is 6. The predicted octanol–water partition coefficient (Wildman–Crippen LogP) is 9.52. The van der Waals surface area contributed by atoms with E-state index in [9.17, 15) is 41.0 Å². The highest BCUT2D eigenvalue weighted by molar-refractivity contribution is 9.15. The predicted molar refractivity (Wildman–Crippen MR) is 135 cm³/mol. The number of amides is 1. The molecule has 0 fully saturated rings. The molecule has 5 nitrogen and oxygen atoms in total. The molecule has 1 amide bonds. The number of carbonyl (C=O) groups is 2. The Balaban J connectivity index is 1.89. The molecule has 3 rings (SSSR count). The summed E-state index contributed by atoms with van der Waals surface area (Å²) < 4.78 is 84.5. The molecule has 0 aromatic heterocycles. The van der Waals surface area contributed by atoms with Crippen molar-refractivity contribution >= 4 is 81.3 Å². The summed E-state index contributed by atoms with van der Waals surface area (Å²) >= 11 is 12.8. The Labute approximate surface area is 237 Å². The van der Waals surface area contributed by atoms with Gasteiger partial charge in [0, 0.05) is 23.6 Å². The van der Waals surface area contributed by atoms with Gasteiger partial charge in [-0.2, -0.15) is 26.3 Å². The van der Waals surface area contributed by atoms with Gasteiger partial charge in [-0.3, -0.25) is 4.79 Å². The minimum atomic E-state index is -5.03. The lowest BCUT2D eigenvalue weighted by atomic mass is 10.1. The Morgan fingerprint density at radius 1 is 0.703 bits per heavy atom. The summed E-state index contributed by atoms with van der Waals surface area (Å²) in [7, 11) is 0. The first-order valence-electron chi connectivity index (χ1n) is 9.48. The van der Waals surface area contributed by atoms with E-state index >= 15 is 0 Å². The van der Waals surface area contributed by atoms with Crippen LogP contribution in [0, 0.1) is 0 Å². The normalized spacial score (nSPS) is 11.8. The van der Waals surface area contributed by atoms with Crippen LogP contribution in [-0.2, 0) is 12.4 Å². The van der Waals surface area contributed by atoms with Crippen molar-refractivity contribution in [3.8, 4) is 11.5 Å². The van der Waals surface area contributed by atoms with Gasteiger partial charge in [-0.25, -0.2) is 4.79 Å². The quantitative estimate of drug-likeness (QED) is 0.154. The van der Waals surface area contributed by atoms with E-state index in [4.69, 9.17) is 4.74 Å². The fourth-order valence-corrected chi connectivity index (χ4v) is 5.43. The Morgan fingerprint density at radius 2 is 1.16 bits per heavy atom. The van der Waals surface area contributed by atoms with Gasteiger partial charge in [0.2, 0.25) is 0 Å². The summed E-state index contributed by atoms with van der Waals surface area (Å²) in [5.74, 6) is -3.03. The second-order valence-corrected chi connectivity index (χ2v) is 10.3. The molecule has 0 aliphatic rings. The third-order valence-corrected chi connectivity index (χ3v) is 9.39. The molecular formula is C22H9Br4F6NO4. The van der Waals surface area contributed by atoms with Gasteiger partial charge in [0.25, 0.3) is 5.91 Å². The van der Waals surface area contributed by atoms with Gasteiger partial charge in [-0.1, -0.05) is 0 Å². The Morgan fingerprint density at radius 3 is 1.59 bits per heavy atom. The van der Waals surface area contributed by atoms with Crippen LogP contribution in [0.4, 0.5) is 32.0 Å². The molecule has 0 saturated heterocycles. The summed E-state index contributed by atoms with van der Waals surface area (Å²) in [5, 5.41) is 12.1. The molecule has 37 heavy (non-hydrogen) atoms. The molecular weight excluding hydrogens is 776 g/mol. The molecule has 15 heteroatoms. The van der Waals surface area contributed by atoms with Gasteiger partial charge in [-0.05, 0) is 106 Å².